The van der Waals surface area contributed by atoms with E-state index < -0.39 is 9.21 Å². The summed E-state index contributed by atoms with van der Waals surface area (Å²) in [6.07, 6.45) is 7.85. The molecule has 14 heavy (non-hydrogen) atoms. The first-order chi connectivity index (χ1) is 6.25. The molecule has 0 amide bonds. The van der Waals surface area contributed by atoms with Crippen LogP contribution in [0.15, 0.2) is 0 Å². The predicted molar refractivity (Wildman–Crippen MR) is 73.0 cm³/mol. The van der Waals surface area contributed by atoms with Gasteiger partial charge in [0, 0.05) is 4.75 Å². The van der Waals surface area contributed by atoms with Crippen LogP contribution in [0.1, 0.15) is 46.5 Å². The van der Waals surface area contributed by atoms with Gasteiger partial charge in [-0.2, -0.15) is 0 Å². The molecule has 0 bridgehead atoms. The number of hydrogen-bond donors (Lipinski definition) is 0. The van der Waals surface area contributed by atoms with Crippen molar-refractivity contribution in [3.63, 3.8) is 0 Å². The van der Waals surface area contributed by atoms with E-state index in [1.54, 1.807) is 0 Å². The largest absolute Gasteiger partial charge is 0.212 e. The lowest BCUT2D eigenvalue weighted by Gasteiger charge is -2.42. The molecule has 0 aliphatic heterocycles. The fraction of sp³-hybridized carbons (Fsp3) is 0.846. The van der Waals surface area contributed by atoms with E-state index in [-0.39, 0.29) is 0 Å². The molecule has 84 valence electrons. The van der Waals surface area contributed by atoms with E-state index in [2.05, 4.69) is 38.8 Å². The van der Waals surface area contributed by atoms with Crippen LogP contribution in [0.4, 0.5) is 0 Å². The molecular weight excluding hydrogens is 188 g/mol. The molecule has 1 aliphatic carbocycles. The van der Waals surface area contributed by atoms with Crippen LogP contribution in [0.3, 0.4) is 0 Å². The van der Waals surface area contributed by atoms with Gasteiger partial charge in [-0.25, -0.2) is 9.21 Å². The van der Waals surface area contributed by atoms with Crippen molar-refractivity contribution in [2.45, 2.75) is 51.2 Å². The van der Waals surface area contributed by atoms with Crippen LogP contribution in [0.2, 0.25) is 0 Å². The standard InChI is InChI=1S/C13H26S/c1-11-7-9-12(10-8-11)13(2,3)14(4,5)6/h11-12H,4-5,7-10H2,1-3,6H3. The average molecular weight is 214 g/mol. The molecule has 1 heteroatoms. The summed E-state index contributed by atoms with van der Waals surface area (Å²) in [7, 11) is -0.919. The monoisotopic (exact) mass is 214 g/mol. The summed E-state index contributed by atoms with van der Waals surface area (Å²) in [5.74, 6) is 10.4. The summed E-state index contributed by atoms with van der Waals surface area (Å²) in [6, 6.07) is 0. The van der Waals surface area contributed by atoms with Gasteiger partial charge in [-0.15, -0.1) is 0 Å². The quantitative estimate of drug-likeness (QED) is 0.612. The van der Waals surface area contributed by atoms with Crippen LogP contribution < -0.4 is 0 Å². The third kappa shape index (κ3) is 2.36. The molecule has 0 aromatic rings. The van der Waals surface area contributed by atoms with E-state index in [0.717, 1.165) is 11.8 Å². The maximum atomic E-state index is 4.31. The first-order valence-electron chi connectivity index (χ1n) is 5.69. The van der Waals surface area contributed by atoms with Crippen molar-refractivity contribution in [2.75, 3.05) is 6.26 Å². The molecule has 1 rings (SSSR count). The smallest absolute Gasteiger partial charge is 0.00277 e. The Bertz CT molecular complexity index is 274. The fourth-order valence-corrected chi connectivity index (χ4v) is 3.40. The molecule has 0 unspecified atom stereocenters. The van der Waals surface area contributed by atoms with Gasteiger partial charge in [0.05, 0.1) is 0 Å². The zero-order chi connectivity index (χ0) is 11.0. The van der Waals surface area contributed by atoms with Gasteiger partial charge >= 0.3 is 0 Å². The molecule has 0 nitrogen and oxygen atoms in total. The molecule has 1 aliphatic rings. The van der Waals surface area contributed by atoms with Gasteiger partial charge in [-0.3, -0.25) is 0 Å². The van der Waals surface area contributed by atoms with Gasteiger partial charge in [0.2, 0.25) is 0 Å². The lowest BCUT2D eigenvalue weighted by Crippen LogP contribution is -2.33. The minimum Gasteiger partial charge on any atom is -0.212 e. The maximum Gasteiger partial charge on any atom is 0.00277 e. The van der Waals surface area contributed by atoms with Crippen LogP contribution in [0, 0.1) is 11.8 Å². The highest BCUT2D eigenvalue weighted by Gasteiger charge is 2.33. The van der Waals surface area contributed by atoms with Crippen molar-refractivity contribution >= 4 is 20.9 Å². The zero-order valence-corrected chi connectivity index (χ0v) is 11.1. The first kappa shape index (κ1) is 12.2. The maximum absolute atomic E-state index is 4.31. The van der Waals surface area contributed by atoms with Crippen molar-refractivity contribution in [1.29, 1.82) is 0 Å². The highest BCUT2D eigenvalue weighted by molar-refractivity contribution is 8.28. The summed E-state index contributed by atoms with van der Waals surface area (Å²) in [5.41, 5.74) is 0. The SMILES string of the molecule is C=S(=C)(C)C(C)(C)C1CCC(C)CC1. The lowest BCUT2D eigenvalue weighted by atomic mass is 9.77. The van der Waals surface area contributed by atoms with Crippen LogP contribution in [-0.4, -0.2) is 22.7 Å². The van der Waals surface area contributed by atoms with Gasteiger partial charge < -0.3 is 0 Å². The Labute approximate surface area is 90.6 Å². The van der Waals surface area contributed by atoms with Gasteiger partial charge in [0.25, 0.3) is 0 Å². The van der Waals surface area contributed by atoms with Gasteiger partial charge in [0.15, 0.2) is 0 Å². The van der Waals surface area contributed by atoms with E-state index in [0.29, 0.717) is 4.75 Å². The second kappa shape index (κ2) is 3.92. The van der Waals surface area contributed by atoms with Crippen molar-refractivity contribution in [3.05, 3.63) is 0 Å². The molecule has 0 spiro atoms. The number of hydrogen-bond acceptors (Lipinski definition) is 0. The Balaban J connectivity index is 2.75. The van der Waals surface area contributed by atoms with Crippen molar-refractivity contribution in [2.24, 2.45) is 11.8 Å². The molecule has 0 atom stereocenters. The van der Waals surface area contributed by atoms with E-state index in [4.69, 9.17) is 0 Å². The minimum absolute atomic E-state index is 0.354. The zero-order valence-electron chi connectivity index (χ0n) is 10.3. The average Bonchev–Trinajstić information content (AvgIpc) is 2.03. The molecule has 0 heterocycles. The lowest BCUT2D eigenvalue weighted by molar-refractivity contribution is 0.253. The molecule has 0 aromatic carbocycles. The third-order valence-corrected chi connectivity index (χ3v) is 7.14. The Morgan fingerprint density at radius 1 is 1.07 bits per heavy atom. The molecule has 0 saturated heterocycles. The topological polar surface area (TPSA) is 0 Å². The molecule has 0 aromatic heterocycles. The van der Waals surface area contributed by atoms with Crippen LogP contribution in [0.25, 0.3) is 0 Å². The Kier molecular flexibility index (Phi) is 3.41. The molecule has 0 N–H and O–H groups in total. The molecular formula is C13H26S. The van der Waals surface area contributed by atoms with E-state index in [1.807, 2.05) is 0 Å². The predicted octanol–water partition coefficient (Wildman–Crippen LogP) is 3.89. The summed E-state index contributed by atoms with van der Waals surface area (Å²) in [4.78, 5) is 0. The highest BCUT2D eigenvalue weighted by atomic mass is 32.2. The van der Waals surface area contributed by atoms with E-state index in [9.17, 15) is 0 Å². The summed E-state index contributed by atoms with van der Waals surface area (Å²) >= 11 is 0. The second-order valence-electron chi connectivity index (χ2n) is 5.83. The summed E-state index contributed by atoms with van der Waals surface area (Å²) in [5, 5.41) is 0. The minimum atomic E-state index is -0.919. The Hall–Kier alpha value is 0.0900. The van der Waals surface area contributed by atoms with Crippen molar-refractivity contribution in [1.82, 2.24) is 0 Å². The van der Waals surface area contributed by atoms with Crippen molar-refractivity contribution < 1.29 is 0 Å². The van der Waals surface area contributed by atoms with Gasteiger partial charge in [0.1, 0.15) is 0 Å². The fourth-order valence-electron chi connectivity index (χ4n) is 2.36. The van der Waals surface area contributed by atoms with Gasteiger partial charge in [-0.05, 0) is 30.9 Å². The number of rotatable bonds is 2. The second-order valence-corrected chi connectivity index (χ2v) is 9.44. The summed E-state index contributed by atoms with van der Waals surface area (Å²) < 4.78 is 0.354. The molecule has 0 radical (unpaired) electrons. The van der Waals surface area contributed by atoms with Crippen LogP contribution in [0.5, 0.6) is 0 Å². The van der Waals surface area contributed by atoms with E-state index in [1.165, 1.54) is 25.7 Å². The molecule has 1 fully saturated rings. The van der Waals surface area contributed by atoms with E-state index >= 15 is 0 Å². The van der Waals surface area contributed by atoms with Crippen LogP contribution in [-0.2, 0) is 0 Å². The van der Waals surface area contributed by atoms with Crippen molar-refractivity contribution in [3.8, 4) is 0 Å². The Morgan fingerprint density at radius 2 is 1.50 bits per heavy atom. The van der Waals surface area contributed by atoms with Crippen LogP contribution >= 0.6 is 9.21 Å². The molecule has 1 saturated carbocycles. The van der Waals surface area contributed by atoms with Gasteiger partial charge in [-0.1, -0.05) is 45.4 Å². The normalized spacial score (nSPS) is 30.3. The third-order valence-electron chi connectivity index (χ3n) is 4.27. The first-order valence-corrected chi connectivity index (χ1v) is 8.07. The Morgan fingerprint density at radius 3 is 1.86 bits per heavy atom. The summed E-state index contributed by atoms with van der Waals surface area (Å²) in [6.45, 7) is 7.13. The highest BCUT2D eigenvalue weighted by Crippen LogP contribution is 2.46.